The van der Waals surface area contributed by atoms with Crippen LogP contribution in [0.15, 0.2) is 24.5 Å². The summed E-state index contributed by atoms with van der Waals surface area (Å²) < 4.78 is 11.4. The molecule has 1 aliphatic carbocycles. The van der Waals surface area contributed by atoms with Gasteiger partial charge in [0.2, 0.25) is 0 Å². The lowest BCUT2D eigenvalue weighted by Gasteiger charge is -2.14. The molecule has 0 saturated carbocycles. The molecule has 0 atom stereocenters. The SMILES string of the molecule is CCOc1ccc(Nc2ncnc3sc4c(c23)CCCC4)cc1OCC. The first-order valence-electron chi connectivity index (χ1n) is 9.22. The molecule has 26 heavy (non-hydrogen) atoms. The van der Waals surface area contributed by atoms with Gasteiger partial charge in [-0.3, -0.25) is 0 Å². The van der Waals surface area contributed by atoms with E-state index in [4.69, 9.17) is 9.47 Å². The van der Waals surface area contributed by atoms with Crippen molar-refractivity contribution >= 4 is 33.1 Å². The monoisotopic (exact) mass is 369 g/mol. The Labute approximate surface area is 157 Å². The summed E-state index contributed by atoms with van der Waals surface area (Å²) in [6.07, 6.45) is 6.43. The minimum atomic E-state index is 0.597. The topological polar surface area (TPSA) is 56.3 Å². The molecule has 0 spiro atoms. The number of aryl methyl sites for hydroxylation is 2. The fraction of sp³-hybridized carbons (Fsp3) is 0.400. The highest BCUT2D eigenvalue weighted by Gasteiger charge is 2.20. The van der Waals surface area contributed by atoms with E-state index >= 15 is 0 Å². The predicted octanol–water partition coefficient (Wildman–Crippen LogP) is 5.11. The van der Waals surface area contributed by atoms with Crippen LogP contribution in [0.4, 0.5) is 11.5 Å². The van der Waals surface area contributed by atoms with Gasteiger partial charge >= 0.3 is 0 Å². The zero-order valence-corrected chi connectivity index (χ0v) is 16.0. The molecule has 0 fully saturated rings. The van der Waals surface area contributed by atoms with Crippen molar-refractivity contribution in [2.45, 2.75) is 39.5 Å². The average molecular weight is 369 g/mol. The minimum absolute atomic E-state index is 0.597. The van der Waals surface area contributed by atoms with Crippen LogP contribution in [0.25, 0.3) is 10.2 Å². The van der Waals surface area contributed by atoms with E-state index < -0.39 is 0 Å². The predicted molar refractivity (Wildman–Crippen MR) is 106 cm³/mol. The van der Waals surface area contributed by atoms with Crippen LogP contribution < -0.4 is 14.8 Å². The highest BCUT2D eigenvalue weighted by molar-refractivity contribution is 7.19. The summed E-state index contributed by atoms with van der Waals surface area (Å²) in [6, 6.07) is 5.92. The molecular formula is C20H23N3O2S. The van der Waals surface area contributed by atoms with E-state index in [-0.39, 0.29) is 0 Å². The minimum Gasteiger partial charge on any atom is -0.490 e. The number of fused-ring (bicyclic) bond motifs is 3. The summed E-state index contributed by atoms with van der Waals surface area (Å²) in [5.41, 5.74) is 2.36. The van der Waals surface area contributed by atoms with Crippen LogP contribution in [0.2, 0.25) is 0 Å². The van der Waals surface area contributed by atoms with E-state index in [0.29, 0.717) is 13.2 Å². The molecule has 4 rings (SSSR count). The molecule has 1 N–H and O–H groups in total. The third-order valence-electron chi connectivity index (χ3n) is 4.56. The number of aromatic nitrogens is 2. The van der Waals surface area contributed by atoms with Crippen molar-refractivity contribution in [3.63, 3.8) is 0 Å². The molecule has 1 aliphatic rings. The third kappa shape index (κ3) is 3.21. The van der Waals surface area contributed by atoms with Crippen molar-refractivity contribution in [1.82, 2.24) is 9.97 Å². The Kier molecular flexibility index (Phi) is 4.93. The lowest BCUT2D eigenvalue weighted by Crippen LogP contribution is -2.02. The van der Waals surface area contributed by atoms with Crippen molar-refractivity contribution in [1.29, 1.82) is 0 Å². The number of ether oxygens (including phenoxy) is 2. The number of nitrogens with zero attached hydrogens (tertiary/aromatic N) is 2. The Morgan fingerprint density at radius 3 is 2.69 bits per heavy atom. The summed E-state index contributed by atoms with van der Waals surface area (Å²) in [6.45, 7) is 5.15. The van der Waals surface area contributed by atoms with Crippen LogP contribution in [0.3, 0.4) is 0 Å². The second kappa shape index (κ2) is 7.50. The Morgan fingerprint density at radius 1 is 1.04 bits per heavy atom. The molecule has 2 heterocycles. The first-order valence-corrected chi connectivity index (χ1v) is 10.0. The normalized spacial score (nSPS) is 13.5. The molecule has 0 radical (unpaired) electrons. The van der Waals surface area contributed by atoms with Gasteiger partial charge in [-0.25, -0.2) is 9.97 Å². The van der Waals surface area contributed by atoms with Crippen LogP contribution in [-0.2, 0) is 12.8 Å². The van der Waals surface area contributed by atoms with E-state index in [9.17, 15) is 0 Å². The summed E-state index contributed by atoms with van der Waals surface area (Å²) in [7, 11) is 0. The number of rotatable bonds is 6. The van der Waals surface area contributed by atoms with E-state index in [1.807, 2.05) is 43.4 Å². The van der Waals surface area contributed by atoms with E-state index in [1.165, 1.54) is 28.7 Å². The van der Waals surface area contributed by atoms with E-state index in [0.717, 1.165) is 40.7 Å². The summed E-state index contributed by atoms with van der Waals surface area (Å²) in [5.74, 6) is 2.39. The van der Waals surface area contributed by atoms with Gasteiger partial charge < -0.3 is 14.8 Å². The number of hydrogen-bond acceptors (Lipinski definition) is 6. The maximum Gasteiger partial charge on any atom is 0.163 e. The summed E-state index contributed by atoms with van der Waals surface area (Å²) in [5, 5.41) is 4.65. The van der Waals surface area contributed by atoms with Crippen LogP contribution >= 0.6 is 11.3 Å². The van der Waals surface area contributed by atoms with Crippen LogP contribution in [0, 0.1) is 0 Å². The molecule has 1 aromatic carbocycles. The van der Waals surface area contributed by atoms with Crippen LogP contribution in [0.5, 0.6) is 11.5 Å². The van der Waals surface area contributed by atoms with E-state index in [1.54, 1.807) is 6.33 Å². The van der Waals surface area contributed by atoms with Gasteiger partial charge in [-0.05, 0) is 57.2 Å². The molecule has 0 amide bonds. The highest BCUT2D eigenvalue weighted by Crippen LogP contribution is 2.39. The number of nitrogens with one attached hydrogen (secondary N) is 1. The zero-order valence-electron chi connectivity index (χ0n) is 15.2. The van der Waals surface area contributed by atoms with Gasteiger partial charge in [-0.1, -0.05) is 0 Å². The smallest absolute Gasteiger partial charge is 0.163 e. The summed E-state index contributed by atoms with van der Waals surface area (Å²) in [4.78, 5) is 11.6. The lowest BCUT2D eigenvalue weighted by atomic mass is 9.97. The third-order valence-corrected chi connectivity index (χ3v) is 5.76. The van der Waals surface area contributed by atoms with Crippen molar-refractivity contribution in [2.75, 3.05) is 18.5 Å². The maximum absolute atomic E-state index is 5.74. The van der Waals surface area contributed by atoms with Crippen LogP contribution in [-0.4, -0.2) is 23.2 Å². The van der Waals surface area contributed by atoms with Gasteiger partial charge in [0.1, 0.15) is 17.0 Å². The van der Waals surface area contributed by atoms with Gasteiger partial charge in [0.25, 0.3) is 0 Å². The van der Waals surface area contributed by atoms with Crippen molar-refractivity contribution < 1.29 is 9.47 Å². The first-order chi connectivity index (χ1) is 12.8. The van der Waals surface area contributed by atoms with Gasteiger partial charge in [0.05, 0.1) is 18.6 Å². The molecule has 5 nitrogen and oxygen atoms in total. The Morgan fingerprint density at radius 2 is 1.85 bits per heavy atom. The van der Waals surface area contributed by atoms with Crippen molar-refractivity contribution in [3.05, 3.63) is 35.0 Å². The van der Waals surface area contributed by atoms with Gasteiger partial charge in [0.15, 0.2) is 11.5 Å². The maximum atomic E-state index is 5.74. The quantitative estimate of drug-likeness (QED) is 0.654. The van der Waals surface area contributed by atoms with Gasteiger partial charge in [-0.15, -0.1) is 11.3 Å². The van der Waals surface area contributed by atoms with Crippen LogP contribution in [0.1, 0.15) is 37.1 Å². The average Bonchev–Trinajstić information content (AvgIpc) is 3.04. The highest BCUT2D eigenvalue weighted by atomic mass is 32.1. The van der Waals surface area contributed by atoms with Crippen molar-refractivity contribution in [3.8, 4) is 11.5 Å². The molecule has 2 aromatic heterocycles. The largest absolute Gasteiger partial charge is 0.490 e. The Balaban J connectivity index is 1.71. The first kappa shape index (κ1) is 17.1. The number of anilines is 2. The zero-order chi connectivity index (χ0) is 17.9. The number of thiophene rings is 1. The molecule has 0 bridgehead atoms. The molecule has 0 aliphatic heterocycles. The fourth-order valence-corrected chi connectivity index (χ4v) is 4.68. The lowest BCUT2D eigenvalue weighted by molar-refractivity contribution is 0.288. The Bertz CT molecular complexity index is 923. The second-order valence-electron chi connectivity index (χ2n) is 6.27. The molecule has 0 saturated heterocycles. The van der Waals surface area contributed by atoms with Crippen molar-refractivity contribution in [2.24, 2.45) is 0 Å². The fourth-order valence-electron chi connectivity index (χ4n) is 3.45. The number of hydrogen-bond donors (Lipinski definition) is 1. The summed E-state index contributed by atoms with van der Waals surface area (Å²) >= 11 is 1.81. The molecular weight excluding hydrogens is 346 g/mol. The Hall–Kier alpha value is -2.34. The standard InChI is InChI=1S/C20H23N3O2S/c1-3-24-15-10-9-13(11-16(15)25-4-2)23-19-18-14-7-5-6-8-17(14)26-20(18)22-12-21-19/h9-12H,3-8H2,1-2H3,(H,21,22,23). The second-order valence-corrected chi connectivity index (χ2v) is 7.35. The number of benzene rings is 1. The molecule has 0 unspecified atom stereocenters. The van der Waals surface area contributed by atoms with Gasteiger partial charge in [-0.2, -0.15) is 0 Å². The molecule has 136 valence electrons. The molecule has 3 aromatic rings. The van der Waals surface area contributed by atoms with E-state index in [2.05, 4.69) is 15.3 Å². The molecule has 6 heteroatoms. The van der Waals surface area contributed by atoms with Gasteiger partial charge in [0, 0.05) is 16.6 Å².